The van der Waals surface area contributed by atoms with E-state index in [0.29, 0.717) is 16.3 Å². The lowest BCUT2D eigenvalue weighted by molar-refractivity contribution is 0.392. The van der Waals surface area contributed by atoms with Gasteiger partial charge >= 0.3 is 0 Å². The number of hydrogen-bond donors (Lipinski definition) is 0. The third-order valence-corrected chi connectivity index (χ3v) is 7.32. The average molecular weight is 460 g/mol. The molecule has 0 aliphatic carbocycles. The molecule has 5 aromatic rings. The minimum Gasteiger partial charge on any atom is -0.361 e. The lowest BCUT2D eigenvalue weighted by Crippen LogP contribution is -2.21. The summed E-state index contributed by atoms with van der Waals surface area (Å²) in [5.41, 5.74) is 5.78. The summed E-state index contributed by atoms with van der Waals surface area (Å²) in [5, 5.41) is 7.39. The number of aryl methyl sites for hydroxylation is 3. The third-order valence-electron chi connectivity index (χ3n) is 5.48. The Morgan fingerprint density at radius 1 is 1.03 bits per heavy atom. The highest BCUT2D eigenvalue weighted by Crippen LogP contribution is 2.34. The monoisotopic (exact) mass is 459 g/mol. The summed E-state index contributed by atoms with van der Waals surface area (Å²) in [5.74, 6) is 1.42. The Morgan fingerprint density at radius 3 is 2.47 bits per heavy atom. The van der Waals surface area contributed by atoms with E-state index in [2.05, 4.69) is 36.3 Å². The van der Waals surface area contributed by atoms with Crippen LogP contribution in [0.25, 0.3) is 27.0 Å². The molecule has 0 radical (unpaired) electrons. The molecular formula is C25H21N3O2S2. The quantitative estimate of drug-likeness (QED) is 0.227. The summed E-state index contributed by atoms with van der Waals surface area (Å²) in [6, 6.07) is 17.9. The molecule has 0 amide bonds. The van der Waals surface area contributed by atoms with Gasteiger partial charge in [-0.1, -0.05) is 64.9 Å². The van der Waals surface area contributed by atoms with Crippen LogP contribution in [0.5, 0.6) is 0 Å². The fraction of sp³-hybridized carbons (Fsp3) is 0.160. The van der Waals surface area contributed by atoms with E-state index in [9.17, 15) is 4.79 Å². The number of nitrogens with zero attached hydrogens (tertiary/aromatic N) is 3. The summed E-state index contributed by atoms with van der Waals surface area (Å²) < 4.78 is 7.02. The van der Waals surface area contributed by atoms with Crippen LogP contribution in [-0.2, 0) is 5.75 Å². The zero-order valence-electron chi connectivity index (χ0n) is 18.0. The first-order valence-electron chi connectivity index (χ1n) is 10.2. The standard InChI is InChI=1S/C25H21N3O2S2/c1-15-9-11-18(12-10-15)21-14-31-23-22(21)24(29)28(19-7-5-4-6-8-19)25(26-23)32-13-20-16(2)27-30-17(20)3/h4-12,14H,13H2,1-3H3. The lowest BCUT2D eigenvalue weighted by Gasteiger charge is -2.12. The molecule has 0 aliphatic rings. The zero-order valence-corrected chi connectivity index (χ0v) is 19.6. The van der Waals surface area contributed by atoms with Crippen LogP contribution in [0.15, 0.2) is 74.5 Å². The van der Waals surface area contributed by atoms with E-state index in [0.717, 1.165) is 38.7 Å². The third kappa shape index (κ3) is 3.67. The van der Waals surface area contributed by atoms with Crippen LogP contribution < -0.4 is 5.56 Å². The summed E-state index contributed by atoms with van der Waals surface area (Å²) in [7, 11) is 0. The van der Waals surface area contributed by atoms with Crippen molar-refractivity contribution in [2.45, 2.75) is 31.7 Å². The van der Waals surface area contributed by atoms with E-state index in [1.165, 1.54) is 28.7 Å². The number of thiophene rings is 1. The number of thioether (sulfide) groups is 1. The van der Waals surface area contributed by atoms with Crippen molar-refractivity contribution in [2.24, 2.45) is 0 Å². The topological polar surface area (TPSA) is 60.9 Å². The molecule has 0 saturated carbocycles. The lowest BCUT2D eigenvalue weighted by atomic mass is 10.1. The molecule has 7 heteroatoms. The minimum absolute atomic E-state index is 0.0562. The SMILES string of the molecule is Cc1ccc(-c2csc3nc(SCc4c(C)noc4C)n(-c4ccccc4)c(=O)c23)cc1. The van der Waals surface area contributed by atoms with Crippen LogP contribution in [0.2, 0.25) is 0 Å². The number of para-hydroxylation sites is 1. The van der Waals surface area contributed by atoms with E-state index < -0.39 is 0 Å². The smallest absolute Gasteiger partial charge is 0.268 e. The van der Waals surface area contributed by atoms with Crippen molar-refractivity contribution in [2.75, 3.05) is 0 Å². The molecule has 0 spiro atoms. The maximum absolute atomic E-state index is 13.9. The number of rotatable bonds is 5. The van der Waals surface area contributed by atoms with Crippen molar-refractivity contribution in [1.29, 1.82) is 0 Å². The van der Waals surface area contributed by atoms with E-state index in [1.807, 2.05) is 49.6 Å². The van der Waals surface area contributed by atoms with E-state index in [4.69, 9.17) is 9.51 Å². The number of aromatic nitrogens is 3. The van der Waals surface area contributed by atoms with Gasteiger partial charge in [-0.25, -0.2) is 4.98 Å². The first-order valence-corrected chi connectivity index (χ1v) is 12.1. The average Bonchev–Trinajstić information content (AvgIpc) is 3.37. The van der Waals surface area contributed by atoms with Crippen LogP contribution in [0.1, 0.15) is 22.6 Å². The Kier molecular flexibility index (Phi) is 5.45. The molecule has 3 heterocycles. The number of benzene rings is 2. The van der Waals surface area contributed by atoms with Gasteiger partial charge in [-0.3, -0.25) is 9.36 Å². The molecule has 0 fully saturated rings. The largest absolute Gasteiger partial charge is 0.361 e. The van der Waals surface area contributed by atoms with Crippen LogP contribution in [-0.4, -0.2) is 14.7 Å². The molecule has 5 nitrogen and oxygen atoms in total. The first kappa shape index (κ1) is 20.7. The number of fused-ring (bicyclic) bond motifs is 1. The zero-order chi connectivity index (χ0) is 22.2. The van der Waals surface area contributed by atoms with Crippen LogP contribution in [0, 0.1) is 20.8 Å². The second-order valence-corrected chi connectivity index (χ2v) is 9.46. The fourth-order valence-electron chi connectivity index (χ4n) is 3.66. The van der Waals surface area contributed by atoms with Gasteiger partial charge in [0.15, 0.2) is 5.16 Å². The Balaban J connectivity index is 1.68. The molecule has 32 heavy (non-hydrogen) atoms. The number of hydrogen-bond acceptors (Lipinski definition) is 6. The van der Waals surface area contributed by atoms with Crippen LogP contribution >= 0.6 is 23.1 Å². The van der Waals surface area contributed by atoms with Gasteiger partial charge in [-0.2, -0.15) is 0 Å². The van der Waals surface area contributed by atoms with Gasteiger partial charge in [-0.05, 0) is 38.5 Å². The molecular weight excluding hydrogens is 438 g/mol. The predicted molar refractivity (Wildman–Crippen MR) is 131 cm³/mol. The van der Waals surface area contributed by atoms with Crippen molar-refractivity contribution in [3.8, 4) is 16.8 Å². The van der Waals surface area contributed by atoms with E-state index in [-0.39, 0.29) is 5.56 Å². The van der Waals surface area contributed by atoms with Gasteiger partial charge in [0.2, 0.25) is 0 Å². The highest BCUT2D eigenvalue weighted by Gasteiger charge is 2.19. The molecule has 0 N–H and O–H groups in total. The molecule has 0 unspecified atom stereocenters. The van der Waals surface area contributed by atoms with Gasteiger partial charge < -0.3 is 4.52 Å². The van der Waals surface area contributed by atoms with E-state index in [1.54, 1.807) is 4.57 Å². The second-order valence-electron chi connectivity index (χ2n) is 7.66. The first-order chi connectivity index (χ1) is 15.5. The van der Waals surface area contributed by atoms with Crippen molar-refractivity contribution < 1.29 is 4.52 Å². The summed E-state index contributed by atoms with van der Waals surface area (Å²) in [4.78, 5) is 19.5. The van der Waals surface area contributed by atoms with Crippen LogP contribution in [0.4, 0.5) is 0 Å². The highest BCUT2D eigenvalue weighted by molar-refractivity contribution is 7.98. The highest BCUT2D eigenvalue weighted by atomic mass is 32.2. The molecule has 5 rings (SSSR count). The Labute approximate surface area is 193 Å². The summed E-state index contributed by atoms with van der Waals surface area (Å²) in [6.07, 6.45) is 0. The molecule has 0 saturated heterocycles. The van der Waals surface area contributed by atoms with Crippen molar-refractivity contribution in [1.82, 2.24) is 14.7 Å². The van der Waals surface area contributed by atoms with Gasteiger partial charge in [0.1, 0.15) is 10.6 Å². The maximum Gasteiger partial charge on any atom is 0.268 e. The second kappa shape index (κ2) is 8.41. The van der Waals surface area contributed by atoms with Gasteiger partial charge in [-0.15, -0.1) is 11.3 Å². The van der Waals surface area contributed by atoms with Gasteiger partial charge in [0, 0.05) is 22.3 Å². The van der Waals surface area contributed by atoms with Crippen molar-refractivity contribution in [3.05, 3.63) is 92.9 Å². The Bertz CT molecular complexity index is 1450. The van der Waals surface area contributed by atoms with Crippen LogP contribution in [0.3, 0.4) is 0 Å². The van der Waals surface area contributed by atoms with Gasteiger partial charge in [0.05, 0.1) is 16.8 Å². The molecule has 2 aromatic carbocycles. The van der Waals surface area contributed by atoms with Crippen molar-refractivity contribution in [3.63, 3.8) is 0 Å². The van der Waals surface area contributed by atoms with Gasteiger partial charge in [0.25, 0.3) is 5.56 Å². The fourth-order valence-corrected chi connectivity index (χ4v) is 5.82. The molecule has 0 aliphatic heterocycles. The predicted octanol–water partition coefficient (Wildman–Crippen LogP) is 6.32. The Morgan fingerprint density at radius 2 is 1.78 bits per heavy atom. The van der Waals surface area contributed by atoms with Crippen molar-refractivity contribution >= 4 is 33.3 Å². The molecule has 0 atom stereocenters. The molecule has 3 aromatic heterocycles. The normalized spacial score (nSPS) is 11.3. The minimum atomic E-state index is -0.0562. The summed E-state index contributed by atoms with van der Waals surface area (Å²) >= 11 is 3.03. The molecule has 160 valence electrons. The van der Waals surface area contributed by atoms with E-state index >= 15 is 0 Å². The molecule has 0 bridgehead atoms. The summed E-state index contributed by atoms with van der Waals surface area (Å²) in [6.45, 7) is 5.90. The maximum atomic E-state index is 13.9. The Hall–Kier alpha value is -3.16.